The van der Waals surface area contributed by atoms with Crippen molar-refractivity contribution < 1.29 is 0 Å². The summed E-state index contributed by atoms with van der Waals surface area (Å²) in [6.45, 7) is 9.15. The van der Waals surface area contributed by atoms with E-state index in [0.29, 0.717) is 5.54 Å². The molecule has 0 aliphatic carbocycles. The minimum absolute atomic E-state index is 0.389. The van der Waals surface area contributed by atoms with Gasteiger partial charge in [0.2, 0.25) is 0 Å². The molecule has 2 saturated heterocycles. The fourth-order valence-corrected chi connectivity index (χ4v) is 4.86. The van der Waals surface area contributed by atoms with Crippen LogP contribution in [0.15, 0.2) is 17.6 Å². The zero-order chi connectivity index (χ0) is 17.7. The molecule has 0 radical (unpaired) electrons. The zero-order valence-corrected chi connectivity index (χ0v) is 16.9. The van der Waals surface area contributed by atoms with Crippen LogP contribution in [-0.4, -0.2) is 82.8 Å². The molecule has 0 bridgehead atoms. The minimum Gasteiger partial charge on any atom is -0.303 e. The fourth-order valence-electron chi connectivity index (χ4n) is 3.99. The first-order valence-corrected chi connectivity index (χ1v) is 10.7. The van der Waals surface area contributed by atoms with Crippen LogP contribution in [0.25, 0.3) is 0 Å². The summed E-state index contributed by atoms with van der Waals surface area (Å²) in [7, 11) is 4.57. The van der Waals surface area contributed by atoms with Gasteiger partial charge in [-0.15, -0.1) is 0 Å². The van der Waals surface area contributed by atoms with Gasteiger partial charge in [0.1, 0.15) is 0 Å². The molecule has 1 aromatic heterocycles. The predicted octanol–water partition coefficient (Wildman–Crippen LogP) is 2.58. The molecule has 140 valence electrons. The number of hydrogen-bond donors (Lipinski definition) is 0. The van der Waals surface area contributed by atoms with E-state index in [4.69, 9.17) is 0 Å². The Morgan fingerprint density at radius 1 is 1.08 bits per heavy atom. The molecule has 2 aliphatic rings. The van der Waals surface area contributed by atoms with Crippen LogP contribution in [0.1, 0.15) is 38.2 Å². The number of unbranched alkanes of at least 4 members (excludes halogenated alkanes) is 1. The van der Waals surface area contributed by atoms with Crippen LogP contribution in [0.4, 0.5) is 0 Å². The molecular formula is C19H33N5S. The summed E-state index contributed by atoms with van der Waals surface area (Å²) in [6, 6.07) is 0. The third kappa shape index (κ3) is 4.94. The van der Waals surface area contributed by atoms with Crippen molar-refractivity contribution >= 4 is 11.8 Å². The van der Waals surface area contributed by atoms with Crippen molar-refractivity contribution in [3.8, 4) is 0 Å². The topological polar surface area (TPSA) is 35.5 Å². The number of nitrogens with zero attached hydrogens (tertiary/aromatic N) is 5. The summed E-state index contributed by atoms with van der Waals surface area (Å²) >= 11 is 1.77. The Hall–Kier alpha value is -0.690. The Balaban J connectivity index is 1.49. The van der Waals surface area contributed by atoms with E-state index in [1.165, 1.54) is 64.0 Å². The number of likely N-dealkylation sites (tertiary alicyclic amines) is 1. The molecule has 3 rings (SSSR count). The van der Waals surface area contributed by atoms with Gasteiger partial charge in [0.25, 0.3) is 0 Å². The molecule has 0 unspecified atom stereocenters. The smallest absolute Gasteiger partial charge is 0.187 e. The molecule has 1 spiro atoms. The molecule has 2 aliphatic heterocycles. The van der Waals surface area contributed by atoms with Gasteiger partial charge in [0.05, 0.1) is 0 Å². The van der Waals surface area contributed by atoms with Crippen LogP contribution in [0.2, 0.25) is 0 Å². The highest BCUT2D eigenvalue weighted by Gasteiger charge is 2.41. The van der Waals surface area contributed by atoms with Crippen molar-refractivity contribution in [2.45, 2.75) is 49.8 Å². The normalized spacial score (nSPS) is 22.5. The van der Waals surface area contributed by atoms with Gasteiger partial charge in [-0.3, -0.25) is 9.80 Å². The van der Waals surface area contributed by atoms with Crippen molar-refractivity contribution in [3.63, 3.8) is 0 Å². The monoisotopic (exact) mass is 363 g/mol. The van der Waals surface area contributed by atoms with Crippen LogP contribution in [0, 0.1) is 0 Å². The second-order valence-electron chi connectivity index (χ2n) is 7.74. The van der Waals surface area contributed by atoms with Gasteiger partial charge in [0, 0.05) is 68.5 Å². The van der Waals surface area contributed by atoms with E-state index >= 15 is 0 Å². The summed E-state index contributed by atoms with van der Waals surface area (Å²) < 4.78 is 0. The predicted molar refractivity (Wildman–Crippen MR) is 105 cm³/mol. The van der Waals surface area contributed by atoms with Crippen molar-refractivity contribution in [2.24, 2.45) is 0 Å². The minimum atomic E-state index is 0.389. The summed E-state index contributed by atoms with van der Waals surface area (Å²) in [4.78, 5) is 16.7. The fraction of sp³-hybridized carbons (Fsp3) is 0.789. The number of piperazine rings is 1. The Labute approximate surface area is 157 Å². The van der Waals surface area contributed by atoms with E-state index in [9.17, 15) is 0 Å². The van der Waals surface area contributed by atoms with Crippen LogP contribution in [-0.2, 0) is 6.54 Å². The van der Waals surface area contributed by atoms with E-state index in [1.54, 1.807) is 11.8 Å². The molecule has 3 heterocycles. The van der Waals surface area contributed by atoms with Crippen molar-refractivity contribution in [2.75, 3.05) is 52.6 Å². The van der Waals surface area contributed by atoms with Gasteiger partial charge in [-0.2, -0.15) is 0 Å². The second-order valence-corrected chi connectivity index (χ2v) is 8.80. The summed E-state index contributed by atoms with van der Waals surface area (Å²) in [5.74, 6) is 1.12. The molecule has 0 atom stereocenters. The van der Waals surface area contributed by atoms with Crippen LogP contribution in [0.3, 0.4) is 0 Å². The average molecular weight is 364 g/mol. The molecule has 5 nitrogen and oxygen atoms in total. The van der Waals surface area contributed by atoms with E-state index < -0.39 is 0 Å². The maximum absolute atomic E-state index is 4.53. The van der Waals surface area contributed by atoms with Crippen LogP contribution >= 0.6 is 11.8 Å². The lowest BCUT2D eigenvalue weighted by molar-refractivity contribution is -0.0205. The van der Waals surface area contributed by atoms with Crippen LogP contribution in [0.5, 0.6) is 0 Å². The number of thioether (sulfide) groups is 1. The molecule has 0 amide bonds. The van der Waals surface area contributed by atoms with Gasteiger partial charge in [0.15, 0.2) is 5.16 Å². The van der Waals surface area contributed by atoms with E-state index in [1.807, 2.05) is 12.4 Å². The maximum atomic E-state index is 4.53. The highest BCUT2D eigenvalue weighted by Crippen LogP contribution is 2.31. The highest BCUT2D eigenvalue weighted by atomic mass is 32.2. The SMILES string of the molecule is CCCCSc1ncc(CN2CCC3(CC2)CN(C)CCN3C)cn1. The van der Waals surface area contributed by atoms with E-state index in [0.717, 1.165) is 17.5 Å². The number of likely N-dealkylation sites (N-methyl/N-ethyl adjacent to an activating group) is 2. The first-order valence-electron chi connectivity index (χ1n) is 9.67. The summed E-state index contributed by atoms with van der Waals surface area (Å²) in [5.41, 5.74) is 1.63. The van der Waals surface area contributed by atoms with E-state index in [2.05, 4.69) is 45.7 Å². The van der Waals surface area contributed by atoms with Gasteiger partial charge in [-0.05, 0) is 33.4 Å². The highest BCUT2D eigenvalue weighted by molar-refractivity contribution is 7.99. The van der Waals surface area contributed by atoms with E-state index in [-0.39, 0.29) is 0 Å². The molecule has 0 N–H and O–H groups in total. The Morgan fingerprint density at radius 3 is 2.48 bits per heavy atom. The summed E-state index contributed by atoms with van der Waals surface area (Å²) in [5, 5.41) is 0.918. The maximum Gasteiger partial charge on any atom is 0.187 e. The third-order valence-corrected chi connectivity index (χ3v) is 6.76. The van der Waals surface area contributed by atoms with Crippen molar-refractivity contribution in [3.05, 3.63) is 18.0 Å². The lowest BCUT2D eigenvalue weighted by atomic mass is 9.84. The third-order valence-electron chi connectivity index (χ3n) is 5.79. The van der Waals surface area contributed by atoms with Gasteiger partial charge >= 0.3 is 0 Å². The zero-order valence-electron chi connectivity index (χ0n) is 16.1. The molecule has 25 heavy (non-hydrogen) atoms. The van der Waals surface area contributed by atoms with Gasteiger partial charge < -0.3 is 4.90 Å². The van der Waals surface area contributed by atoms with Gasteiger partial charge in [-0.1, -0.05) is 25.1 Å². The Bertz CT molecular complexity index is 527. The summed E-state index contributed by atoms with van der Waals surface area (Å²) in [6.07, 6.45) is 9.03. The standard InChI is InChI=1S/C19H33N5S/c1-4-5-12-25-18-20-13-17(14-21-18)15-24-8-6-19(7-9-24)16-22(2)10-11-23(19)3/h13-14H,4-12,15-16H2,1-3H3. The molecule has 0 aromatic carbocycles. The number of piperidine rings is 1. The number of rotatable bonds is 6. The van der Waals surface area contributed by atoms with Crippen molar-refractivity contribution in [1.29, 1.82) is 0 Å². The lowest BCUT2D eigenvalue weighted by Crippen LogP contribution is -2.63. The molecular weight excluding hydrogens is 330 g/mol. The molecule has 2 fully saturated rings. The quantitative estimate of drug-likeness (QED) is 0.439. The first-order chi connectivity index (χ1) is 12.1. The largest absolute Gasteiger partial charge is 0.303 e. The molecule has 6 heteroatoms. The molecule has 1 aromatic rings. The van der Waals surface area contributed by atoms with Crippen LogP contribution < -0.4 is 0 Å². The number of hydrogen-bond acceptors (Lipinski definition) is 6. The first kappa shape index (κ1) is 19.1. The lowest BCUT2D eigenvalue weighted by Gasteiger charge is -2.52. The Morgan fingerprint density at radius 2 is 1.80 bits per heavy atom. The van der Waals surface area contributed by atoms with Crippen molar-refractivity contribution in [1.82, 2.24) is 24.7 Å². The number of aromatic nitrogens is 2. The van der Waals surface area contributed by atoms with Gasteiger partial charge in [-0.25, -0.2) is 9.97 Å². The molecule has 0 saturated carbocycles. The Kier molecular flexibility index (Phi) is 6.72. The average Bonchev–Trinajstić information content (AvgIpc) is 2.62. The second kappa shape index (κ2) is 8.80.